The number of hydrogen-bond donors (Lipinski definition) is 2. The van der Waals surface area contributed by atoms with E-state index in [0.717, 1.165) is 4.90 Å². The van der Waals surface area contributed by atoms with E-state index in [0.29, 0.717) is 10.7 Å². The van der Waals surface area contributed by atoms with E-state index in [1.54, 1.807) is 13.0 Å². The fourth-order valence-electron chi connectivity index (χ4n) is 1.29. The molecule has 2 N–H and O–H groups in total. The van der Waals surface area contributed by atoms with Crippen molar-refractivity contribution in [3.05, 3.63) is 35.9 Å². The van der Waals surface area contributed by atoms with Gasteiger partial charge in [-0.15, -0.1) is 0 Å². The maximum Gasteiger partial charge on any atom is 0.188 e. The van der Waals surface area contributed by atoms with Crippen LogP contribution in [0, 0.1) is 5.82 Å². The van der Waals surface area contributed by atoms with E-state index in [9.17, 15) is 9.50 Å². The van der Waals surface area contributed by atoms with Crippen LogP contribution in [0.15, 0.2) is 34.6 Å². The van der Waals surface area contributed by atoms with Crippen LogP contribution < -0.4 is 0 Å². The van der Waals surface area contributed by atoms with Crippen molar-refractivity contribution in [1.29, 1.82) is 0 Å². The van der Waals surface area contributed by atoms with Crippen LogP contribution in [-0.4, -0.2) is 20.3 Å². The molecule has 2 aromatic rings. The Morgan fingerprint density at radius 3 is 2.94 bits per heavy atom. The normalized spacial score (nSPS) is 12.7. The quantitative estimate of drug-likeness (QED) is 0.861. The predicted molar refractivity (Wildman–Crippen MR) is 57.5 cm³/mol. The highest BCUT2D eigenvalue weighted by Gasteiger charge is 2.11. The van der Waals surface area contributed by atoms with Crippen LogP contribution in [0.5, 0.6) is 0 Å². The van der Waals surface area contributed by atoms with Crippen molar-refractivity contribution in [3.63, 3.8) is 0 Å². The largest absolute Gasteiger partial charge is 0.389 e. The molecule has 1 aromatic carbocycles. The summed E-state index contributed by atoms with van der Waals surface area (Å²) in [5.41, 5.74) is 0.543. The van der Waals surface area contributed by atoms with Crippen LogP contribution in [0.2, 0.25) is 0 Å². The van der Waals surface area contributed by atoms with Crippen molar-refractivity contribution in [2.24, 2.45) is 0 Å². The molecular weight excluding hydrogens is 229 g/mol. The fraction of sp³-hybridized carbons (Fsp3) is 0.200. The molecule has 0 fully saturated rings. The molecule has 0 saturated carbocycles. The van der Waals surface area contributed by atoms with Gasteiger partial charge in [-0.25, -0.2) is 9.37 Å². The van der Waals surface area contributed by atoms with Gasteiger partial charge in [0.25, 0.3) is 0 Å². The van der Waals surface area contributed by atoms with Gasteiger partial charge in [0.2, 0.25) is 0 Å². The number of rotatable bonds is 3. The maximum absolute atomic E-state index is 13.0. The second-order valence-electron chi connectivity index (χ2n) is 3.25. The number of aromatic nitrogens is 3. The Morgan fingerprint density at radius 1 is 1.50 bits per heavy atom. The number of H-pyrrole nitrogens is 1. The zero-order valence-corrected chi connectivity index (χ0v) is 9.33. The molecule has 0 aliphatic carbocycles. The van der Waals surface area contributed by atoms with E-state index in [4.69, 9.17) is 0 Å². The van der Waals surface area contributed by atoms with Gasteiger partial charge >= 0.3 is 0 Å². The molecule has 1 aromatic heterocycles. The molecule has 0 radical (unpaired) electrons. The van der Waals surface area contributed by atoms with Crippen molar-refractivity contribution in [1.82, 2.24) is 15.2 Å². The number of nitrogens with zero attached hydrogens (tertiary/aromatic N) is 2. The van der Waals surface area contributed by atoms with E-state index in [-0.39, 0.29) is 5.82 Å². The standard InChI is InChI=1S/C10H10FN3OS/c1-6(15)8-4-7(11)2-3-9(8)16-10-12-5-13-14-10/h2-6,15H,1H3,(H,12,13,14)/t6-/m0/s1. The summed E-state index contributed by atoms with van der Waals surface area (Å²) in [6.07, 6.45) is 0.676. The zero-order chi connectivity index (χ0) is 11.5. The van der Waals surface area contributed by atoms with Crippen LogP contribution in [0.3, 0.4) is 0 Å². The summed E-state index contributed by atoms with van der Waals surface area (Å²) in [7, 11) is 0. The molecule has 0 aliphatic rings. The topological polar surface area (TPSA) is 61.8 Å². The third-order valence-corrected chi connectivity index (χ3v) is 3.00. The lowest BCUT2D eigenvalue weighted by Gasteiger charge is -2.10. The summed E-state index contributed by atoms with van der Waals surface area (Å²) in [6.45, 7) is 1.60. The van der Waals surface area contributed by atoms with E-state index in [1.807, 2.05) is 0 Å². The minimum atomic E-state index is -0.721. The Kier molecular flexibility index (Phi) is 3.21. The van der Waals surface area contributed by atoms with Gasteiger partial charge < -0.3 is 5.11 Å². The lowest BCUT2D eigenvalue weighted by Crippen LogP contribution is -1.95. The number of halogens is 1. The second-order valence-corrected chi connectivity index (χ2v) is 4.28. The van der Waals surface area contributed by atoms with E-state index in [1.165, 1.54) is 30.2 Å². The first-order chi connectivity index (χ1) is 7.66. The smallest absolute Gasteiger partial charge is 0.188 e. The first kappa shape index (κ1) is 11.1. The minimum absolute atomic E-state index is 0.363. The highest BCUT2D eigenvalue weighted by molar-refractivity contribution is 7.99. The van der Waals surface area contributed by atoms with E-state index < -0.39 is 6.10 Å². The van der Waals surface area contributed by atoms with Crippen molar-refractivity contribution >= 4 is 11.8 Å². The van der Waals surface area contributed by atoms with Crippen LogP contribution in [-0.2, 0) is 0 Å². The number of benzene rings is 1. The average molecular weight is 239 g/mol. The Balaban J connectivity index is 2.33. The van der Waals surface area contributed by atoms with Gasteiger partial charge in [0.1, 0.15) is 12.1 Å². The summed E-state index contributed by atoms with van der Waals surface area (Å²) in [6, 6.07) is 4.29. The van der Waals surface area contributed by atoms with Gasteiger partial charge in [0.15, 0.2) is 5.16 Å². The first-order valence-electron chi connectivity index (χ1n) is 4.67. The van der Waals surface area contributed by atoms with Crippen molar-refractivity contribution in [2.75, 3.05) is 0 Å². The SMILES string of the molecule is C[C@H](O)c1cc(F)ccc1Sc1ncn[nH]1. The third-order valence-electron chi connectivity index (χ3n) is 2.02. The third kappa shape index (κ3) is 2.40. The van der Waals surface area contributed by atoms with Crippen molar-refractivity contribution < 1.29 is 9.50 Å². The lowest BCUT2D eigenvalue weighted by molar-refractivity contribution is 0.196. The molecule has 84 valence electrons. The molecule has 4 nitrogen and oxygen atoms in total. The van der Waals surface area contributed by atoms with Gasteiger partial charge in [-0.2, -0.15) is 5.10 Å². The molecule has 6 heteroatoms. The molecule has 2 rings (SSSR count). The molecule has 0 unspecified atom stereocenters. The summed E-state index contributed by atoms with van der Waals surface area (Å²) in [4.78, 5) is 4.71. The summed E-state index contributed by atoms with van der Waals surface area (Å²) >= 11 is 1.30. The van der Waals surface area contributed by atoms with Gasteiger partial charge in [-0.1, -0.05) is 0 Å². The maximum atomic E-state index is 13.0. The molecular formula is C10H10FN3OS. The molecule has 0 aliphatic heterocycles. The lowest BCUT2D eigenvalue weighted by atomic mass is 10.1. The minimum Gasteiger partial charge on any atom is -0.389 e. The van der Waals surface area contributed by atoms with Crippen LogP contribution in [0.25, 0.3) is 0 Å². The van der Waals surface area contributed by atoms with E-state index in [2.05, 4.69) is 15.2 Å². The van der Waals surface area contributed by atoms with Crippen LogP contribution >= 0.6 is 11.8 Å². The number of nitrogens with one attached hydrogen (secondary N) is 1. The predicted octanol–water partition coefficient (Wildman–Crippen LogP) is 2.15. The van der Waals surface area contributed by atoms with Gasteiger partial charge in [0.05, 0.1) is 6.10 Å². The summed E-state index contributed by atoms with van der Waals surface area (Å²) < 4.78 is 13.0. The zero-order valence-electron chi connectivity index (χ0n) is 8.51. The Labute approximate surface area is 95.9 Å². The van der Waals surface area contributed by atoms with Gasteiger partial charge in [0, 0.05) is 4.90 Å². The van der Waals surface area contributed by atoms with Gasteiger partial charge in [-0.05, 0) is 42.4 Å². The van der Waals surface area contributed by atoms with Gasteiger partial charge in [-0.3, -0.25) is 5.10 Å². The second kappa shape index (κ2) is 4.63. The Bertz CT molecular complexity index is 473. The molecule has 0 spiro atoms. The number of aliphatic hydroxyl groups excluding tert-OH is 1. The van der Waals surface area contributed by atoms with E-state index >= 15 is 0 Å². The number of aromatic amines is 1. The number of aliphatic hydroxyl groups is 1. The van der Waals surface area contributed by atoms with Crippen molar-refractivity contribution in [3.8, 4) is 0 Å². The number of hydrogen-bond acceptors (Lipinski definition) is 4. The van der Waals surface area contributed by atoms with Crippen LogP contribution in [0.1, 0.15) is 18.6 Å². The molecule has 1 atom stereocenters. The van der Waals surface area contributed by atoms with Crippen molar-refractivity contribution in [2.45, 2.75) is 23.1 Å². The molecule has 0 saturated heterocycles. The molecule has 0 amide bonds. The van der Waals surface area contributed by atoms with Crippen LogP contribution in [0.4, 0.5) is 4.39 Å². The monoisotopic (exact) mass is 239 g/mol. The first-order valence-corrected chi connectivity index (χ1v) is 5.49. The molecule has 1 heterocycles. The highest BCUT2D eigenvalue weighted by Crippen LogP contribution is 2.31. The summed E-state index contributed by atoms with van der Waals surface area (Å²) in [5.74, 6) is -0.363. The molecule has 16 heavy (non-hydrogen) atoms. The Morgan fingerprint density at radius 2 is 2.31 bits per heavy atom. The fourth-order valence-corrected chi connectivity index (χ4v) is 2.18. The highest BCUT2D eigenvalue weighted by atomic mass is 32.2. The summed E-state index contributed by atoms with van der Waals surface area (Å²) in [5, 5.41) is 16.5. The average Bonchev–Trinajstić information content (AvgIpc) is 2.73. The Hall–Kier alpha value is -1.40. The molecule has 0 bridgehead atoms.